The number of aliphatic hydroxyl groups is 1. The Morgan fingerprint density at radius 3 is 2.88 bits per heavy atom. The minimum atomic E-state index is -0.0776. The summed E-state index contributed by atoms with van der Waals surface area (Å²) in [6, 6.07) is 0. The van der Waals surface area contributed by atoms with Gasteiger partial charge in [0.25, 0.3) is 0 Å². The molecule has 2 nitrogen and oxygen atoms in total. The van der Waals surface area contributed by atoms with Crippen molar-refractivity contribution in [2.45, 2.75) is 18.9 Å². The Bertz CT molecular complexity index is 56.9. The summed E-state index contributed by atoms with van der Waals surface area (Å²) in [5.41, 5.74) is 0. The Balaban J connectivity index is 2.19. The number of hydrogen-bond acceptors (Lipinski definition) is 2. The smallest absolute Gasteiger partial charge is 0.0568 e. The van der Waals surface area contributed by atoms with Crippen LogP contribution < -0.4 is 0 Å². The summed E-state index contributed by atoms with van der Waals surface area (Å²) in [7, 11) is 2.03. The van der Waals surface area contributed by atoms with E-state index in [-0.39, 0.29) is 6.10 Å². The highest BCUT2D eigenvalue weighted by atomic mass is 16.3. The van der Waals surface area contributed by atoms with Crippen LogP contribution in [0.5, 0.6) is 0 Å². The van der Waals surface area contributed by atoms with Gasteiger partial charge in [0.2, 0.25) is 0 Å². The minimum absolute atomic E-state index is 0.0776. The van der Waals surface area contributed by atoms with Gasteiger partial charge in [-0.15, -0.1) is 0 Å². The van der Waals surface area contributed by atoms with E-state index in [4.69, 9.17) is 5.11 Å². The third kappa shape index (κ3) is 1.46. The Kier molecular flexibility index (Phi) is 1.86. The molecule has 1 aliphatic heterocycles. The van der Waals surface area contributed by atoms with Crippen LogP contribution in [0.25, 0.3) is 0 Å². The minimum Gasteiger partial charge on any atom is -0.393 e. The molecule has 0 amide bonds. The summed E-state index contributed by atoms with van der Waals surface area (Å²) in [6.07, 6.45) is 1.68. The van der Waals surface area contributed by atoms with E-state index in [2.05, 4.69) is 4.90 Å². The molecule has 1 aliphatic rings. The van der Waals surface area contributed by atoms with Crippen LogP contribution >= 0.6 is 0 Å². The van der Waals surface area contributed by atoms with Crippen LogP contribution in [0.3, 0.4) is 0 Å². The molecule has 1 saturated heterocycles. The van der Waals surface area contributed by atoms with Crippen molar-refractivity contribution in [3.8, 4) is 0 Å². The average molecular weight is 114 g/mol. The first-order valence-corrected chi connectivity index (χ1v) is 3.00. The van der Waals surface area contributed by atoms with Crippen LogP contribution in [0.4, 0.5) is 0 Å². The monoisotopic (exact) mass is 114 g/mol. The zero-order valence-electron chi connectivity index (χ0n) is 5.17. The van der Waals surface area contributed by atoms with Gasteiger partial charge in [0.15, 0.2) is 0 Å². The second kappa shape index (κ2) is 2.46. The summed E-state index contributed by atoms with van der Waals surface area (Å²) < 4.78 is 0. The number of rotatable bonds is 0. The van der Waals surface area contributed by atoms with E-state index in [1.165, 1.54) is 0 Å². The quantitative estimate of drug-likeness (QED) is 0.487. The molecule has 0 spiro atoms. The highest BCUT2D eigenvalue weighted by Gasteiger charge is 2.12. The molecule has 2 heteroatoms. The van der Waals surface area contributed by atoms with Gasteiger partial charge >= 0.3 is 0 Å². The number of nitrogens with zero attached hydrogens (tertiary/aromatic N) is 1. The van der Waals surface area contributed by atoms with Crippen LogP contribution in [0, 0.1) is 6.54 Å². The highest BCUT2D eigenvalue weighted by Crippen LogP contribution is 2.10. The Hall–Kier alpha value is -0.0800. The highest BCUT2D eigenvalue weighted by molar-refractivity contribution is 4.76. The third-order valence-electron chi connectivity index (χ3n) is 1.50. The summed E-state index contributed by atoms with van der Waals surface area (Å²) in [4.78, 5) is 2.12. The van der Waals surface area contributed by atoms with Crippen molar-refractivity contribution < 1.29 is 5.11 Å². The van der Waals surface area contributed by atoms with E-state index in [9.17, 15) is 0 Å². The van der Waals surface area contributed by atoms with Gasteiger partial charge in [-0.2, -0.15) is 0 Å². The zero-order valence-corrected chi connectivity index (χ0v) is 5.17. The predicted octanol–water partition coefficient (Wildman–Crippen LogP) is 0.235. The van der Waals surface area contributed by atoms with Crippen LogP contribution in [0.2, 0.25) is 0 Å². The topological polar surface area (TPSA) is 23.5 Å². The zero-order chi connectivity index (χ0) is 5.98. The molecular weight excluding hydrogens is 102 g/mol. The van der Waals surface area contributed by atoms with Crippen LogP contribution in [0.15, 0.2) is 0 Å². The van der Waals surface area contributed by atoms with E-state index in [0.717, 1.165) is 19.4 Å². The molecule has 0 aromatic heterocycles. The predicted molar refractivity (Wildman–Crippen MR) is 32.2 cm³/mol. The molecule has 1 fully saturated rings. The van der Waals surface area contributed by atoms with Crippen LogP contribution in [-0.4, -0.2) is 29.7 Å². The maximum atomic E-state index is 8.97. The molecule has 1 heterocycles. The van der Waals surface area contributed by atoms with Gasteiger partial charge in [-0.25, -0.2) is 0 Å². The molecule has 1 N–H and O–H groups in total. The van der Waals surface area contributed by atoms with Gasteiger partial charge in [0.1, 0.15) is 0 Å². The molecule has 8 heavy (non-hydrogen) atoms. The second-order valence-electron chi connectivity index (χ2n) is 2.34. The number of aliphatic hydroxyl groups excluding tert-OH is 1. The molecule has 1 radical (unpaired) electrons. The van der Waals surface area contributed by atoms with E-state index in [1.807, 2.05) is 13.6 Å². The van der Waals surface area contributed by atoms with Crippen molar-refractivity contribution >= 4 is 0 Å². The standard InChI is InChI=1S/C6H12NO/c1-7-4-2-6(8)3-5-7/h4,6,8H,2-3,5H2,1H3. The van der Waals surface area contributed by atoms with Crippen LogP contribution in [0.1, 0.15) is 12.8 Å². The first kappa shape index (κ1) is 6.05. The molecular formula is C6H12NO. The molecule has 0 aromatic rings. The fraction of sp³-hybridized carbons (Fsp3) is 0.833. The number of piperidine rings is 1. The van der Waals surface area contributed by atoms with Crippen molar-refractivity contribution in [1.82, 2.24) is 4.90 Å². The summed E-state index contributed by atoms with van der Waals surface area (Å²) in [5, 5.41) is 8.97. The van der Waals surface area contributed by atoms with Crippen molar-refractivity contribution in [2.24, 2.45) is 0 Å². The molecule has 0 aromatic carbocycles. The summed E-state index contributed by atoms with van der Waals surface area (Å²) in [5.74, 6) is 0. The van der Waals surface area contributed by atoms with Gasteiger partial charge in [0.05, 0.1) is 6.10 Å². The average Bonchev–Trinajstić information content (AvgIpc) is 1.77. The second-order valence-corrected chi connectivity index (χ2v) is 2.34. The number of likely N-dealkylation sites (tertiary alicyclic amines) is 1. The maximum Gasteiger partial charge on any atom is 0.0568 e. The summed E-state index contributed by atoms with van der Waals surface area (Å²) >= 11 is 0. The largest absolute Gasteiger partial charge is 0.393 e. The van der Waals surface area contributed by atoms with Gasteiger partial charge in [0, 0.05) is 13.1 Å². The molecule has 1 atom stereocenters. The fourth-order valence-electron chi connectivity index (χ4n) is 0.863. The third-order valence-corrected chi connectivity index (χ3v) is 1.50. The summed E-state index contributed by atoms with van der Waals surface area (Å²) in [6.45, 7) is 3.04. The molecule has 0 bridgehead atoms. The van der Waals surface area contributed by atoms with E-state index >= 15 is 0 Å². The Morgan fingerprint density at radius 1 is 1.75 bits per heavy atom. The molecule has 1 unspecified atom stereocenters. The first-order chi connectivity index (χ1) is 3.79. The van der Waals surface area contributed by atoms with E-state index < -0.39 is 0 Å². The van der Waals surface area contributed by atoms with Gasteiger partial charge < -0.3 is 10.0 Å². The SMILES string of the molecule is CN1[CH]CC(O)CC1. The Morgan fingerprint density at radius 2 is 2.50 bits per heavy atom. The van der Waals surface area contributed by atoms with Gasteiger partial charge in [-0.05, 0) is 19.9 Å². The number of hydrogen-bond donors (Lipinski definition) is 1. The van der Waals surface area contributed by atoms with Crippen molar-refractivity contribution in [2.75, 3.05) is 13.6 Å². The lowest BCUT2D eigenvalue weighted by atomic mass is 10.1. The van der Waals surface area contributed by atoms with Gasteiger partial charge in [-0.1, -0.05) is 0 Å². The molecule has 0 saturated carbocycles. The fourth-order valence-corrected chi connectivity index (χ4v) is 0.863. The maximum absolute atomic E-state index is 8.97. The lowest BCUT2D eigenvalue weighted by molar-refractivity contribution is 0.116. The molecule has 0 aliphatic carbocycles. The van der Waals surface area contributed by atoms with E-state index in [1.54, 1.807) is 0 Å². The van der Waals surface area contributed by atoms with Crippen molar-refractivity contribution in [1.29, 1.82) is 0 Å². The lowest BCUT2D eigenvalue weighted by Gasteiger charge is -2.24. The van der Waals surface area contributed by atoms with Crippen LogP contribution in [-0.2, 0) is 0 Å². The normalized spacial score (nSPS) is 26.2. The first-order valence-electron chi connectivity index (χ1n) is 3.00. The van der Waals surface area contributed by atoms with Crippen molar-refractivity contribution in [3.63, 3.8) is 0 Å². The lowest BCUT2D eigenvalue weighted by Crippen LogP contribution is -2.28. The van der Waals surface area contributed by atoms with Gasteiger partial charge in [-0.3, -0.25) is 0 Å². The Labute approximate surface area is 50.1 Å². The van der Waals surface area contributed by atoms with E-state index in [0.29, 0.717) is 0 Å². The molecule has 1 rings (SSSR count). The molecule has 47 valence electrons. The van der Waals surface area contributed by atoms with Crippen molar-refractivity contribution in [3.05, 3.63) is 6.54 Å².